The van der Waals surface area contributed by atoms with Crippen molar-refractivity contribution in [1.29, 1.82) is 0 Å². The molecular weight excluding hydrogens is 558 g/mol. The van der Waals surface area contributed by atoms with Gasteiger partial charge in [-0.2, -0.15) is 10.0 Å². The molecule has 1 fully saturated rings. The number of ketones is 1. The summed E-state index contributed by atoms with van der Waals surface area (Å²) >= 11 is 0. The van der Waals surface area contributed by atoms with Crippen LogP contribution in [0, 0.1) is 11.8 Å². The maximum Gasteiger partial charge on any atom is 0.329 e. The number of hydrogen-bond acceptors (Lipinski definition) is 8. The highest BCUT2D eigenvalue weighted by molar-refractivity contribution is 8.32. The number of nitrogens with one attached hydrogen (secondary N) is 1. The number of oxazole rings is 1. The first-order chi connectivity index (χ1) is 19.7. The first-order valence-corrected chi connectivity index (χ1v) is 17.2. The van der Waals surface area contributed by atoms with E-state index in [2.05, 4.69) is 10.3 Å². The van der Waals surface area contributed by atoms with Crippen molar-refractivity contribution in [2.24, 2.45) is 11.8 Å². The van der Waals surface area contributed by atoms with Crippen LogP contribution in [0.4, 0.5) is 0 Å². The van der Waals surface area contributed by atoms with Crippen LogP contribution in [-0.2, 0) is 25.5 Å². The van der Waals surface area contributed by atoms with Gasteiger partial charge in [0.1, 0.15) is 17.9 Å². The largest absolute Gasteiger partial charge is 0.460 e. The second kappa shape index (κ2) is 14.3. The smallest absolute Gasteiger partial charge is 0.329 e. The van der Waals surface area contributed by atoms with Gasteiger partial charge < -0.3 is 24.5 Å². The van der Waals surface area contributed by atoms with Crippen molar-refractivity contribution in [2.45, 2.75) is 76.7 Å². The third-order valence-electron chi connectivity index (χ3n) is 7.18. The van der Waals surface area contributed by atoms with Crippen LogP contribution in [0.15, 0.2) is 45.5 Å². The molecule has 11 heteroatoms. The molecule has 2 aliphatic heterocycles. The Morgan fingerprint density at radius 1 is 1.14 bits per heavy atom. The fourth-order valence-electron chi connectivity index (χ4n) is 5.13. The summed E-state index contributed by atoms with van der Waals surface area (Å²) in [4.78, 5) is 58.4. The number of aliphatic hydroxyl groups is 1. The summed E-state index contributed by atoms with van der Waals surface area (Å²) in [5.74, 6) is -1.67. The molecule has 0 unspecified atom stereocenters. The summed E-state index contributed by atoms with van der Waals surface area (Å²) in [6, 6.07) is -0.776. The van der Waals surface area contributed by atoms with Crippen molar-refractivity contribution in [3.8, 4) is 0 Å². The van der Waals surface area contributed by atoms with Gasteiger partial charge in [-0.25, -0.2) is 9.78 Å². The number of nitrogens with zero attached hydrogens (tertiary/aromatic N) is 2. The number of ether oxygens (including phenoxy) is 1. The van der Waals surface area contributed by atoms with Gasteiger partial charge in [0.15, 0.2) is 10.8 Å². The summed E-state index contributed by atoms with van der Waals surface area (Å²) in [6.07, 6.45) is 13.4. The summed E-state index contributed by atoms with van der Waals surface area (Å²) in [5, 5.41) is 13.6. The van der Waals surface area contributed by atoms with Crippen molar-refractivity contribution < 1.29 is 33.4 Å². The van der Waals surface area contributed by atoms with Gasteiger partial charge >= 0.3 is 5.97 Å². The van der Waals surface area contributed by atoms with Crippen molar-refractivity contribution in [3.63, 3.8) is 0 Å². The molecule has 0 saturated carbocycles. The molecule has 10 nitrogen and oxygen atoms in total. The summed E-state index contributed by atoms with van der Waals surface area (Å²) in [6.45, 7) is 8.21. The average molecular weight is 604 g/mol. The van der Waals surface area contributed by atoms with E-state index >= 15 is 0 Å². The molecule has 1 aromatic heterocycles. The molecule has 3 rings (SSSR count). The third-order valence-corrected chi connectivity index (χ3v) is 8.57. The van der Waals surface area contributed by atoms with Gasteiger partial charge in [-0.1, -0.05) is 50.6 Å². The molecule has 3 heterocycles. The van der Waals surface area contributed by atoms with Crippen LogP contribution in [0.25, 0.3) is 0 Å². The quantitative estimate of drug-likeness (QED) is 0.489. The minimum absolute atomic E-state index is 0.0310. The molecule has 232 valence electrons. The lowest BCUT2D eigenvalue weighted by Crippen LogP contribution is -2.44. The van der Waals surface area contributed by atoms with E-state index in [9.17, 15) is 24.3 Å². The first-order valence-electron chi connectivity index (χ1n) is 14.4. The van der Waals surface area contributed by atoms with E-state index in [0.717, 1.165) is 5.57 Å². The molecule has 1 aromatic rings. The van der Waals surface area contributed by atoms with Gasteiger partial charge in [0, 0.05) is 25.4 Å². The Morgan fingerprint density at radius 2 is 1.86 bits per heavy atom. The minimum Gasteiger partial charge on any atom is -0.460 e. The van der Waals surface area contributed by atoms with Crippen LogP contribution in [-0.4, -0.2) is 88.7 Å². The Morgan fingerprint density at radius 3 is 2.52 bits per heavy atom. The van der Waals surface area contributed by atoms with E-state index in [1.807, 2.05) is 39.5 Å². The molecule has 2 N–H and O–H groups in total. The third kappa shape index (κ3) is 8.91. The molecule has 1 saturated heterocycles. The number of hydrogen-bond donors (Lipinski definition) is 2. The van der Waals surface area contributed by atoms with Crippen LogP contribution >= 0.6 is 10.0 Å². The number of carbonyl (C=O) groups excluding carboxylic acids is 4. The van der Waals surface area contributed by atoms with Gasteiger partial charge in [0.2, 0.25) is 11.8 Å². The van der Waals surface area contributed by atoms with Gasteiger partial charge in [0.05, 0.1) is 12.5 Å². The summed E-state index contributed by atoms with van der Waals surface area (Å²) < 4.78 is 12.0. The number of esters is 1. The maximum atomic E-state index is 13.8. The van der Waals surface area contributed by atoms with Gasteiger partial charge in [-0.3, -0.25) is 14.4 Å². The molecule has 4 atom stereocenters. The summed E-state index contributed by atoms with van der Waals surface area (Å²) in [5.41, 5.74) is 0.846. The number of rotatable bonds is 2. The number of aliphatic hydroxyl groups excluding tert-OH is 1. The zero-order chi connectivity index (χ0) is 31.2. The predicted octanol–water partition coefficient (Wildman–Crippen LogP) is 3.59. The van der Waals surface area contributed by atoms with E-state index in [-0.39, 0.29) is 54.5 Å². The van der Waals surface area contributed by atoms with Crippen molar-refractivity contribution in [3.05, 3.63) is 47.5 Å². The number of Topliss-reactive ketones (excluding diaryl/α,β-unsaturated/α-hetero) is 1. The summed E-state index contributed by atoms with van der Waals surface area (Å²) in [7, 11) is -1.57. The van der Waals surface area contributed by atoms with Gasteiger partial charge in [-0.15, -0.1) is 0 Å². The lowest BCUT2D eigenvalue weighted by molar-refractivity contribution is -0.158. The maximum absolute atomic E-state index is 13.8. The number of carbonyl (C=O) groups is 4. The first kappa shape index (κ1) is 33.3. The fourth-order valence-corrected chi connectivity index (χ4v) is 6.19. The highest BCUT2D eigenvalue weighted by Crippen LogP contribution is 2.48. The fraction of sp³-hybridized carbons (Fsp3) is 0.581. The molecule has 42 heavy (non-hydrogen) atoms. The normalized spacial score (nSPS) is 26.9. The van der Waals surface area contributed by atoms with Crippen molar-refractivity contribution >= 4 is 33.6 Å². The zero-order valence-electron chi connectivity index (χ0n) is 25.7. The molecule has 0 spiro atoms. The van der Waals surface area contributed by atoms with Crippen LogP contribution in [0.2, 0.25) is 0 Å². The van der Waals surface area contributed by atoms with E-state index in [0.29, 0.717) is 24.5 Å². The second-order valence-electron chi connectivity index (χ2n) is 12.1. The van der Waals surface area contributed by atoms with E-state index < -0.39 is 40.2 Å². The Balaban J connectivity index is 1.98. The highest BCUT2D eigenvalue weighted by atomic mass is 32.3. The molecule has 2 bridgehead atoms. The van der Waals surface area contributed by atoms with Crippen LogP contribution in [0.5, 0.6) is 0 Å². The molecule has 2 aliphatic rings. The zero-order valence-corrected chi connectivity index (χ0v) is 26.5. The Labute approximate surface area is 250 Å². The topological polar surface area (TPSA) is 139 Å². The van der Waals surface area contributed by atoms with E-state index in [4.69, 9.17) is 9.15 Å². The predicted molar refractivity (Wildman–Crippen MR) is 162 cm³/mol. The average Bonchev–Trinajstić information content (AvgIpc) is 3.54. The lowest BCUT2D eigenvalue weighted by Gasteiger charge is -2.30. The van der Waals surface area contributed by atoms with E-state index in [1.54, 1.807) is 31.2 Å². The number of aromatic nitrogens is 1. The van der Waals surface area contributed by atoms with Gasteiger partial charge in [-0.05, 0) is 50.5 Å². The lowest BCUT2D eigenvalue weighted by atomic mass is 9.94. The number of allylic oxidation sites excluding steroid dienone is 2. The second-order valence-corrected chi connectivity index (χ2v) is 16.2. The molecule has 0 aromatic carbocycles. The number of cyclic esters (lactones) is 1. The number of amides is 2. The molecule has 0 aliphatic carbocycles. The SMILES string of the molecule is CC1=C[C@@H](O)CC(=O)Cc2nc(c(S(C)(C)C)o2)C(=O)N2CCC[C@@H]2C(=O)O[C@H](C(C)C)[C@H](C)/C=C/C(=O)NCC=C1. The van der Waals surface area contributed by atoms with Crippen LogP contribution in [0.3, 0.4) is 0 Å². The Kier molecular flexibility index (Phi) is 11.4. The van der Waals surface area contributed by atoms with E-state index in [1.165, 1.54) is 11.0 Å². The Hall–Kier alpha value is -3.18. The standard InChI is InChI=1S/C31H45N3O7S/c1-19(2)28-21(4)12-13-25(37)32-14-8-10-20(3)16-22(35)17-23(36)18-26-33-27(31(40-26)42(5,6)7)29(38)34-15-9-11-24(34)30(39)41-28/h8,10,12-13,16,19,21-22,24,28,35H,9,11,14-15,17-18H2,1-7H3,(H,32,37)/b10-8?,13-12+,20-16?/t21-,22-,24-,28-/m1/s1. The van der Waals surface area contributed by atoms with Crippen LogP contribution in [0.1, 0.15) is 63.3 Å². The van der Waals surface area contributed by atoms with Crippen molar-refractivity contribution in [2.75, 3.05) is 31.9 Å². The molecule has 0 radical (unpaired) electrons. The minimum atomic E-state index is -1.57. The molecular formula is C31H45N3O7S. The van der Waals surface area contributed by atoms with Crippen molar-refractivity contribution in [1.82, 2.24) is 15.2 Å². The highest BCUT2D eigenvalue weighted by Gasteiger charge is 2.40. The van der Waals surface area contributed by atoms with Gasteiger partial charge in [0.25, 0.3) is 5.91 Å². The number of fused-ring (bicyclic) bond motifs is 3. The van der Waals surface area contributed by atoms with Crippen LogP contribution < -0.4 is 5.32 Å². The molecule has 2 amide bonds. The monoisotopic (exact) mass is 603 g/mol. The Bertz CT molecular complexity index is 1260.